The van der Waals surface area contributed by atoms with Crippen molar-refractivity contribution >= 4 is 12.0 Å². The minimum absolute atomic E-state index is 0.366. The van der Waals surface area contributed by atoms with Crippen molar-refractivity contribution in [1.29, 1.82) is 0 Å². The molecule has 2 rings (SSSR count). The smallest absolute Gasteiger partial charge is 0.244 e. The Labute approximate surface area is 145 Å². The molecule has 0 aromatic heterocycles. The molecule has 2 aromatic carbocycles. The second kappa shape index (κ2) is 8.28. The predicted octanol–water partition coefficient (Wildman–Crippen LogP) is 3.87. The highest BCUT2D eigenvalue weighted by molar-refractivity contribution is 5.92. The van der Waals surface area contributed by atoms with Crippen LogP contribution >= 0.6 is 0 Å². The molecular weight excluding hydrogens is 328 g/mol. The van der Waals surface area contributed by atoms with Crippen molar-refractivity contribution in [2.75, 3.05) is 14.2 Å². The highest BCUT2D eigenvalue weighted by atomic mass is 19.2. The molecule has 1 amide bonds. The maximum atomic E-state index is 13.3. The first-order valence-electron chi connectivity index (χ1n) is 7.60. The Morgan fingerprint density at radius 2 is 1.84 bits per heavy atom. The Morgan fingerprint density at radius 1 is 1.08 bits per heavy atom. The molecule has 0 aliphatic carbocycles. The van der Waals surface area contributed by atoms with E-state index in [4.69, 9.17) is 9.47 Å². The molecule has 1 N–H and O–H groups in total. The average Bonchev–Trinajstić information content (AvgIpc) is 2.61. The lowest BCUT2D eigenvalue weighted by molar-refractivity contribution is -0.117. The Hall–Kier alpha value is -2.89. The van der Waals surface area contributed by atoms with Gasteiger partial charge in [0.05, 0.1) is 20.3 Å². The second-order valence-electron chi connectivity index (χ2n) is 5.35. The van der Waals surface area contributed by atoms with E-state index in [0.29, 0.717) is 22.6 Å². The van der Waals surface area contributed by atoms with Crippen molar-refractivity contribution in [1.82, 2.24) is 5.32 Å². The summed E-state index contributed by atoms with van der Waals surface area (Å²) < 4.78 is 36.6. The number of methoxy groups -OCH3 is 2. The van der Waals surface area contributed by atoms with Crippen LogP contribution in [0.5, 0.6) is 11.5 Å². The fraction of sp³-hybridized carbons (Fsp3) is 0.211. The van der Waals surface area contributed by atoms with E-state index in [0.717, 1.165) is 12.1 Å². The van der Waals surface area contributed by atoms with Crippen molar-refractivity contribution in [2.45, 2.75) is 13.0 Å². The monoisotopic (exact) mass is 347 g/mol. The summed E-state index contributed by atoms with van der Waals surface area (Å²) in [6.07, 6.45) is 2.95. The predicted molar refractivity (Wildman–Crippen MR) is 91.5 cm³/mol. The number of halogens is 2. The number of carbonyl (C=O) groups excluding carboxylic acids is 1. The van der Waals surface area contributed by atoms with Crippen molar-refractivity contribution in [3.63, 3.8) is 0 Å². The van der Waals surface area contributed by atoms with Gasteiger partial charge in [-0.15, -0.1) is 0 Å². The van der Waals surface area contributed by atoms with Crippen LogP contribution in [0.2, 0.25) is 0 Å². The molecule has 0 aliphatic heterocycles. The Bertz CT molecular complexity index is 790. The van der Waals surface area contributed by atoms with E-state index in [1.807, 2.05) is 0 Å². The number of rotatable bonds is 6. The number of hydrogen-bond acceptors (Lipinski definition) is 3. The number of nitrogens with one attached hydrogen (secondary N) is 1. The quantitative estimate of drug-likeness (QED) is 0.807. The molecule has 1 unspecified atom stereocenters. The minimum atomic E-state index is -0.947. The molecule has 4 nitrogen and oxygen atoms in total. The second-order valence-corrected chi connectivity index (χ2v) is 5.35. The summed E-state index contributed by atoms with van der Waals surface area (Å²) in [7, 11) is 3.08. The van der Waals surface area contributed by atoms with Gasteiger partial charge >= 0.3 is 0 Å². The van der Waals surface area contributed by atoms with E-state index in [9.17, 15) is 13.6 Å². The van der Waals surface area contributed by atoms with Crippen LogP contribution in [-0.4, -0.2) is 20.1 Å². The summed E-state index contributed by atoms with van der Waals surface area (Å²) in [5.74, 6) is -1.02. The molecule has 0 saturated carbocycles. The molecule has 2 aromatic rings. The van der Waals surface area contributed by atoms with Crippen LogP contribution < -0.4 is 14.8 Å². The molecular formula is C19H19F2NO3. The maximum absolute atomic E-state index is 13.3. The van der Waals surface area contributed by atoms with Crippen molar-refractivity contribution < 1.29 is 23.0 Å². The van der Waals surface area contributed by atoms with Crippen LogP contribution in [0.4, 0.5) is 8.78 Å². The van der Waals surface area contributed by atoms with Gasteiger partial charge in [0.25, 0.3) is 0 Å². The van der Waals surface area contributed by atoms with Crippen LogP contribution in [0.1, 0.15) is 24.1 Å². The average molecular weight is 347 g/mol. The summed E-state index contributed by atoms with van der Waals surface area (Å²) >= 11 is 0. The lowest BCUT2D eigenvalue weighted by Crippen LogP contribution is -2.24. The molecule has 25 heavy (non-hydrogen) atoms. The Morgan fingerprint density at radius 3 is 2.48 bits per heavy atom. The summed E-state index contributed by atoms with van der Waals surface area (Å²) in [5.41, 5.74) is 1.18. The molecule has 0 heterocycles. The molecule has 0 saturated heterocycles. The molecule has 1 atom stereocenters. The van der Waals surface area contributed by atoms with E-state index in [-0.39, 0.29) is 5.91 Å². The lowest BCUT2D eigenvalue weighted by Gasteiger charge is -2.13. The van der Waals surface area contributed by atoms with Crippen LogP contribution in [0, 0.1) is 11.6 Å². The van der Waals surface area contributed by atoms with E-state index in [1.54, 1.807) is 38.3 Å². The van der Waals surface area contributed by atoms with Crippen LogP contribution in [-0.2, 0) is 4.79 Å². The van der Waals surface area contributed by atoms with Gasteiger partial charge in [-0.05, 0) is 42.8 Å². The van der Waals surface area contributed by atoms with Gasteiger partial charge < -0.3 is 14.8 Å². The van der Waals surface area contributed by atoms with Gasteiger partial charge in [0, 0.05) is 17.7 Å². The van der Waals surface area contributed by atoms with Crippen molar-refractivity contribution in [3.05, 3.63) is 65.2 Å². The first-order chi connectivity index (χ1) is 11.9. The number of amides is 1. The number of benzene rings is 2. The molecule has 0 aliphatic rings. The number of ether oxygens (including phenoxy) is 2. The van der Waals surface area contributed by atoms with Gasteiger partial charge in [-0.1, -0.05) is 6.07 Å². The third-order valence-corrected chi connectivity index (χ3v) is 3.66. The Balaban J connectivity index is 2.06. The molecule has 6 heteroatoms. The number of carbonyl (C=O) groups is 1. The van der Waals surface area contributed by atoms with Gasteiger partial charge in [-0.25, -0.2) is 8.78 Å². The van der Waals surface area contributed by atoms with Gasteiger partial charge in [0.1, 0.15) is 11.5 Å². The molecule has 0 spiro atoms. The van der Waals surface area contributed by atoms with Crippen LogP contribution in [0.25, 0.3) is 6.08 Å². The first-order valence-corrected chi connectivity index (χ1v) is 7.60. The van der Waals surface area contributed by atoms with E-state index >= 15 is 0 Å². The standard InChI is InChI=1S/C19H19F2NO3/c1-12(14-5-8-16(20)17(21)10-14)22-19(23)9-6-13-4-7-15(24-2)11-18(13)25-3/h4-12H,1-3H3,(H,22,23)/b9-6+. The van der Waals surface area contributed by atoms with E-state index in [2.05, 4.69) is 5.32 Å². The molecule has 0 radical (unpaired) electrons. The highest BCUT2D eigenvalue weighted by Crippen LogP contribution is 2.25. The minimum Gasteiger partial charge on any atom is -0.497 e. The number of hydrogen-bond donors (Lipinski definition) is 1. The normalized spacial score (nSPS) is 12.0. The van der Waals surface area contributed by atoms with Gasteiger partial charge in [0.2, 0.25) is 5.91 Å². The zero-order valence-corrected chi connectivity index (χ0v) is 14.2. The Kier molecular flexibility index (Phi) is 6.11. The molecule has 132 valence electrons. The topological polar surface area (TPSA) is 47.6 Å². The van der Waals surface area contributed by atoms with Crippen molar-refractivity contribution in [2.24, 2.45) is 0 Å². The van der Waals surface area contributed by atoms with Gasteiger partial charge in [0.15, 0.2) is 11.6 Å². The summed E-state index contributed by atoms with van der Waals surface area (Å²) in [4.78, 5) is 12.0. The van der Waals surface area contributed by atoms with Crippen molar-refractivity contribution in [3.8, 4) is 11.5 Å². The fourth-order valence-electron chi connectivity index (χ4n) is 2.25. The van der Waals surface area contributed by atoms with E-state index < -0.39 is 17.7 Å². The lowest BCUT2D eigenvalue weighted by atomic mass is 10.1. The maximum Gasteiger partial charge on any atom is 0.244 e. The SMILES string of the molecule is COc1ccc(/C=C/C(=O)NC(C)c2ccc(F)c(F)c2)c(OC)c1. The first kappa shape index (κ1) is 18.4. The van der Waals surface area contributed by atoms with E-state index in [1.165, 1.54) is 19.3 Å². The zero-order valence-electron chi connectivity index (χ0n) is 14.2. The zero-order chi connectivity index (χ0) is 18.4. The summed E-state index contributed by atoms with van der Waals surface area (Å²) in [5, 5.41) is 2.69. The third kappa shape index (κ3) is 4.79. The van der Waals surface area contributed by atoms with Crippen LogP contribution in [0.15, 0.2) is 42.5 Å². The largest absolute Gasteiger partial charge is 0.497 e. The van der Waals surface area contributed by atoms with Gasteiger partial charge in [-0.2, -0.15) is 0 Å². The highest BCUT2D eigenvalue weighted by Gasteiger charge is 2.11. The van der Waals surface area contributed by atoms with Gasteiger partial charge in [-0.3, -0.25) is 4.79 Å². The fourth-order valence-corrected chi connectivity index (χ4v) is 2.25. The molecule has 0 bridgehead atoms. The molecule has 0 fully saturated rings. The third-order valence-electron chi connectivity index (χ3n) is 3.66. The summed E-state index contributed by atoms with van der Waals surface area (Å²) in [6.45, 7) is 1.69. The summed E-state index contributed by atoms with van der Waals surface area (Å²) in [6, 6.07) is 8.29. The van der Waals surface area contributed by atoms with Crippen LogP contribution in [0.3, 0.4) is 0 Å².